The maximum atomic E-state index is 12.5. The van der Waals surface area contributed by atoms with Gasteiger partial charge in [0.05, 0.1) is 5.41 Å². The second-order valence-electron chi connectivity index (χ2n) is 9.44. The van der Waals surface area contributed by atoms with Crippen LogP contribution in [-0.4, -0.2) is 28.5 Å². The van der Waals surface area contributed by atoms with Crippen molar-refractivity contribution < 1.29 is 19.1 Å². The predicted octanol–water partition coefficient (Wildman–Crippen LogP) is 5.09. The normalized spacial score (nSPS) is 13.4. The van der Waals surface area contributed by atoms with Crippen molar-refractivity contribution in [2.24, 2.45) is 5.41 Å². The van der Waals surface area contributed by atoms with Gasteiger partial charge in [0.2, 0.25) is 5.89 Å². The van der Waals surface area contributed by atoms with Gasteiger partial charge in [0.25, 0.3) is 5.91 Å². The molecule has 0 aliphatic carbocycles. The summed E-state index contributed by atoms with van der Waals surface area (Å²) < 4.78 is 5.62. The van der Waals surface area contributed by atoms with Gasteiger partial charge in [0, 0.05) is 12.1 Å². The van der Waals surface area contributed by atoms with E-state index in [-0.39, 0.29) is 23.4 Å². The molecule has 1 amide bonds. The Morgan fingerprint density at radius 2 is 1.66 bits per heavy atom. The van der Waals surface area contributed by atoms with Crippen molar-refractivity contribution in [3.05, 3.63) is 77.7 Å². The SMILES string of the molecule is CC(C)(C)CCNC(=O)c1coc(-c2ccccc2CC(C)(C(=O)O)c2ccccc2)n1. The summed E-state index contributed by atoms with van der Waals surface area (Å²) in [4.78, 5) is 29.1. The molecule has 0 aliphatic rings. The van der Waals surface area contributed by atoms with Crippen LogP contribution < -0.4 is 5.32 Å². The lowest BCUT2D eigenvalue weighted by molar-refractivity contribution is -0.143. The molecule has 1 aromatic heterocycles. The van der Waals surface area contributed by atoms with Gasteiger partial charge in [-0.25, -0.2) is 4.98 Å². The van der Waals surface area contributed by atoms with Gasteiger partial charge in [-0.2, -0.15) is 0 Å². The molecule has 0 spiro atoms. The van der Waals surface area contributed by atoms with Gasteiger partial charge in [-0.3, -0.25) is 9.59 Å². The number of aliphatic carboxylic acids is 1. The molecule has 1 unspecified atom stereocenters. The molecule has 0 bridgehead atoms. The molecule has 1 atom stereocenters. The van der Waals surface area contributed by atoms with Gasteiger partial charge in [-0.05, 0) is 42.4 Å². The van der Waals surface area contributed by atoms with Crippen LogP contribution in [0.4, 0.5) is 0 Å². The number of carbonyl (C=O) groups is 2. The smallest absolute Gasteiger partial charge is 0.314 e. The average molecular weight is 435 g/mol. The Morgan fingerprint density at radius 3 is 2.31 bits per heavy atom. The number of rotatable bonds is 8. The third kappa shape index (κ3) is 5.44. The van der Waals surface area contributed by atoms with E-state index in [1.54, 1.807) is 6.92 Å². The molecule has 168 valence electrons. The maximum absolute atomic E-state index is 12.5. The first kappa shape index (κ1) is 23.3. The lowest BCUT2D eigenvalue weighted by atomic mass is 9.76. The van der Waals surface area contributed by atoms with Gasteiger partial charge in [-0.15, -0.1) is 0 Å². The van der Waals surface area contributed by atoms with Crippen LogP contribution >= 0.6 is 0 Å². The van der Waals surface area contributed by atoms with E-state index in [9.17, 15) is 14.7 Å². The second kappa shape index (κ2) is 9.39. The molecule has 32 heavy (non-hydrogen) atoms. The summed E-state index contributed by atoms with van der Waals surface area (Å²) in [6, 6.07) is 16.6. The monoisotopic (exact) mass is 434 g/mol. The van der Waals surface area contributed by atoms with Crippen molar-refractivity contribution in [1.82, 2.24) is 10.3 Å². The molecule has 2 aromatic carbocycles. The number of aromatic nitrogens is 1. The minimum atomic E-state index is -1.13. The Hall–Kier alpha value is -3.41. The zero-order valence-corrected chi connectivity index (χ0v) is 19.0. The number of benzene rings is 2. The molecule has 0 aliphatic heterocycles. The van der Waals surface area contributed by atoms with Crippen LogP contribution in [-0.2, 0) is 16.6 Å². The van der Waals surface area contributed by atoms with Crippen molar-refractivity contribution in [1.29, 1.82) is 0 Å². The quantitative estimate of drug-likeness (QED) is 0.515. The summed E-state index contributed by atoms with van der Waals surface area (Å²) in [6.45, 7) is 8.61. The number of nitrogens with one attached hydrogen (secondary N) is 1. The summed E-state index contributed by atoms with van der Waals surface area (Å²) in [5, 5.41) is 12.9. The van der Waals surface area contributed by atoms with Crippen molar-refractivity contribution in [2.45, 2.75) is 46.0 Å². The zero-order chi connectivity index (χ0) is 23.4. The highest BCUT2D eigenvalue weighted by Crippen LogP contribution is 2.33. The Bertz CT molecular complexity index is 1080. The summed E-state index contributed by atoms with van der Waals surface area (Å²) in [6.07, 6.45) is 2.43. The number of carboxylic acid groups (broad SMARTS) is 1. The van der Waals surface area contributed by atoms with Crippen molar-refractivity contribution in [3.63, 3.8) is 0 Å². The van der Waals surface area contributed by atoms with E-state index < -0.39 is 11.4 Å². The molecule has 6 nitrogen and oxygen atoms in total. The Balaban J connectivity index is 1.85. The first-order chi connectivity index (χ1) is 15.1. The van der Waals surface area contributed by atoms with Crippen LogP contribution in [0.1, 0.15) is 55.7 Å². The third-order valence-corrected chi connectivity index (χ3v) is 5.57. The molecule has 3 aromatic rings. The molecule has 0 saturated carbocycles. The molecule has 3 rings (SSSR count). The number of hydrogen-bond donors (Lipinski definition) is 2. The molecule has 1 heterocycles. The highest BCUT2D eigenvalue weighted by Gasteiger charge is 2.36. The highest BCUT2D eigenvalue weighted by molar-refractivity contribution is 5.92. The Labute approximate surface area is 188 Å². The van der Waals surface area contributed by atoms with Crippen LogP contribution in [0, 0.1) is 5.41 Å². The van der Waals surface area contributed by atoms with E-state index in [1.165, 1.54) is 6.26 Å². The van der Waals surface area contributed by atoms with Crippen LogP contribution in [0.2, 0.25) is 0 Å². The predicted molar refractivity (Wildman–Crippen MR) is 123 cm³/mol. The molecular weight excluding hydrogens is 404 g/mol. The fourth-order valence-electron chi connectivity index (χ4n) is 3.51. The van der Waals surface area contributed by atoms with Gasteiger partial charge in [0.1, 0.15) is 6.26 Å². The minimum absolute atomic E-state index is 0.122. The van der Waals surface area contributed by atoms with Crippen molar-refractivity contribution >= 4 is 11.9 Å². The fraction of sp³-hybridized carbons (Fsp3) is 0.346. The van der Waals surface area contributed by atoms with E-state index in [0.717, 1.165) is 12.0 Å². The van der Waals surface area contributed by atoms with E-state index >= 15 is 0 Å². The molecule has 6 heteroatoms. The van der Waals surface area contributed by atoms with Crippen LogP contribution in [0.15, 0.2) is 65.3 Å². The topological polar surface area (TPSA) is 92.4 Å². The number of carboxylic acids is 1. The first-order valence-corrected chi connectivity index (χ1v) is 10.7. The number of oxazole rings is 1. The summed E-state index contributed by atoms with van der Waals surface area (Å²) >= 11 is 0. The number of carbonyl (C=O) groups excluding carboxylic acids is 1. The van der Waals surface area contributed by atoms with Gasteiger partial charge in [0.15, 0.2) is 5.69 Å². The third-order valence-electron chi connectivity index (χ3n) is 5.57. The summed E-state index contributed by atoms with van der Waals surface area (Å²) in [5.74, 6) is -0.909. The highest BCUT2D eigenvalue weighted by atomic mass is 16.4. The summed E-state index contributed by atoms with van der Waals surface area (Å²) in [7, 11) is 0. The standard InChI is InChI=1S/C26H30N2O4/c1-25(2,3)14-15-27-22(29)21-17-32-23(28-21)20-13-9-8-10-18(20)16-26(4,24(30)31)19-11-6-5-7-12-19/h5-13,17H,14-16H2,1-4H3,(H,27,29)(H,30,31). The lowest BCUT2D eigenvalue weighted by Crippen LogP contribution is -2.35. The van der Waals surface area contributed by atoms with Gasteiger partial charge < -0.3 is 14.8 Å². The molecule has 0 radical (unpaired) electrons. The largest absolute Gasteiger partial charge is 0.481 e. The van der Waals surface area contributed by atoms with Gasteiger partial charge >= 0.3 is 5.97 Å². The van der Waals surface area contributed by atoms with Crippen molar-refractivity contribution in [2.75, 3.05) is 6.54 Å². The summed E-state index contributed by atoms with van der Waals surface area (Å²) in [5.41, 5.74) is 1.36. The molecule has 0 fully saturated rings. The van der Waals surface area contributed by atoms with Crippen LogP contribution in [0.25, 0.3) is 11.5 Å². The molecule has 0 saturated heterocycles. The maximum Gasteiger partial charge on any atom is 0.314 e. The van der Waals surface area contributed by atoms with E-state index in [2.05, 4.69) is 31.1 Å². The Kier molecular flexibility index (Phi) is 6.82. The average Bonchev–Trinajstić information content (AvgIpc) is 3.24. The van der Waals surface area contributed by atoms with Crippen LogP contribution in [0.5, 0.6) is 0 Å². The lowest BCUT2D eigenvalue weighted by Gasteiger charge is -2.26. The first-order valence-electron chi connectivity index (χ1n) is 10.7. The Morgan fingerprint density at radius 1 is 1.00 bits per heavy atom. The second-order valence-corrected chi connectivity index (χ2v) is 9.44. The number of hydrogen-bond acceptors (Lipinski definition) is 4. The van der Waals surface area contributed by atoms with Crippen molar-refractivity contribution in [3.8, 4) is 11.5 Å². The molecule has 2 N–H and O–H groups in total. The van der Waals surface area contributed by atoms with E-state index in [1.807, 2.05) is 54.6 Å². The number of nitrogens with zero attached hydrogens (tertiary/aromatic N) is 1. The van der Waals surface area contributed by atoms with E-state index in [4.69, 9.17) is 4.42 Å². The van der Waals surface area contributed by atoms with E-state index in [0.29, 0.717) is 23.6 Å². The van der Waals surface area contributed by atoms with Gasteiger partial charge in [-0.1, -0.05) is 69.3 Å². The fourth-order valence-corrected chi connectivity index (χ4v) is 3.51. The number of amides is 1. The van der Waals surface area contributed by atoms with Crippen LogP contribution in [0.3, 0.4) is 0 Å². The zero-order valence-electron chi connectivity index (χ0n) is 19.0. The minimum Gasteiger partial charge on any atom is -0.481 e. The molecular formula is C26H30N2O4.